The van der Waals surface area contributed by atoms with Crippen LogP contribution in [0.25, 0.3) is 0 Å². The number of alkyl halides is 1. The van der Waals surface area contributed by atoms with Crippen molar-refractivity contribution in [3.8, 4) is 0 Å². The van der Waals surface area contributed by atoms with E-state index in [1.54, 1.807) is 0 Å². The van der Waals surface area contributed by atoms with Crippen LogP contribution in [0, 0.1) is 5.92 Å². The predicted molar refractivity (Wildman–Crippen MR) is 75.3 cm³/mol. The van der Waals surface area contributed by atoms with E-state index in [1.807, 2.05) is 12.2 Å². The molecule has 0 amide bonds. The van der Waals surface area contributed by atoms with Crippen molar-refractivity contribution in [3.63, 3.8) is 0 Å². The van der Waals surface area contributed by atoms with E-state index >= 15 is 0 Å². The first kappa shape index (κ1) is 10.4. The van der Waals surface area contributed by atoms with Crippen molar-refractivity contribution in [2.75, 3.05) is 0 Å². The average molecular weight is 452 g/mol. The van der Waals surface area contributed by atoms with Gasteiger partial charge in [0.1, 0.15) is 2.75 Å². The monoisotopic (exact) mass is 452 g/mol. The van der Waals surface area contributed by atoms with E-state index in [4.69, 9.17) is 0 Å². The van der Waals surface area contributed by atoms with E-state index in [0.29, 0.717) is 0 Å². The second-order valence-electron chi connectivity index (χ2n) is 3.58. The maximum Gasteiger partial charge on any atom is 0.123 e. The zero-order valence-electron chi connectivity index (χ0n) is 6.85. The standard InChI is InChI=1S/C8H6I2O2S2/c9-6-3-4-7(13(6)11)5-1-2-8(4,10)14(5)12/h1-5,7H/t4-,5+,7+,8-,13+,14?/m0/s1. The SMILES string of the molecule is O=S1[C@@H]2C=C[C@@]1(I)[C@H]1C=C(I)[S@@](=O)[C@@H]21. The molecule has 6 atom stereocenters. The normalized spacial score (nSPS) is 59.0. The topological polar surface area (TPSA) is 34.1 Å². The molecule has 0 aliphatic carbocycles. The van der Waals surface area contributed by atoms with Crippen molar-refractivity contribution >= 4 is 66.8 Å². The number of hydrogen-bond donors (Lipinski definition) is 0. The van der Waals surface area contributed by atoms with E-state index in [0.717, 1.165) is 2.91 Å². The van der Waals surface area contributed by atoms with Crippen molar-refractivity contribution in [2.45, 2.75) is 13.3 Å². The molecular formula is C8H6I2O2S2. The van der Waals surface area contributed by atoms with Gasteiger partial charge < -0.3 is 0 Å². The van der Waals surface area contributed by atoms with Gasteiger partial charge in [0, 0.05) is 5.92 Å². The molecule has 3 heterocycles. The van der Waals surface area contributed by atoms with Crippen LogP contribution in [0.4, 0.5) is 0 Å². The third kappa shape index (κ3) is 1.06. The molecule has 1 fully saturated rings. The molecule has 0 N–H and O–H groups in total. The molecule has 2 bridgehead atoms. The van der Waals surface area contributed by atoms with Crippen molar-refractivity contribution in [1.29, 1.82) is 0 Å². The highest BCUT2D eigenvalue weighted by Crippen LogP contribution is 2.56. The minimum absolute atomic E-state index is 0.0150. The molecule has 3 aliphatic heterocycles. The molecule has 1 saturated heterocycles. The molecule has 14 heavy (non-hydrogen) atoms. The van der Waals surface area contributed by atoms with Crippen LogP contribution in [-0.2, 0) is 21.6 Å². The van der Waals surface area contributed by atoms with Crippen LogP contribution >= 0.6 is 45.2 Å². The molecule has 0 aromatic rings. The van der Waals surface area contributed by atoms with E-state index in [2.05, 4.69) is 51.3 Å². The van der Waals surface area contributed by atoms with Gasteiger partial charge in [-0.3, -0.25) is 8.42 Å². The quantitative estimate of drug-likeness (QED) is 0.320. The highest BCUT2D eigenvalue weighted by atomic mass is 127. The van der Waals surface area contributed by atoms with E-state index in [1.165, 1.54) is 0 Å². The smallest absolute Gasteiger partial charge is 0.123 e. The van der Waals surface area contributed by atoms with Gasteiger partial charge in [0.2, 0.25) is 0 Å². The summed E-state index contributed by atoms with van der Waals surface area (Å²) in [6, 6.07) is 0. The maximum atomic E-state index is 12.0. The lowest BCUT2D eigenvalue weighted by molar-refractivity contribution is 0.624. The lowest BCUT2D eigenvalue weighted by Crippen LogP contribution is -2.31. The van der Waals surface area contributed by atoms with Crippen molar-refractivity contribution in [3.05, 3.63) is 21.1 Å². The van der Waals surface area contributed by atoms with Crippen LogP contribution in [0.15, 0.2) is 21.1 Å². The molecule has 1 unspecified atom stereocenters. The third-order valence-corrected chi connectivity index (χ3v) is 10.7. The fourth-order valence-corrected chi connectivity index (χ4v) is 9.32. The number of rotatable bonds is 0. The van der Waals surface area contributed by atoms with Crippen molar-refractivity contribution in [2.24, 2.45) is 5.92 Å². The highest BCUT2D eigenvalue weighted by molar-refractivity contribution is 14.1. The molecule has 0 aromatic heterocycles. The maximum absolute atomic E-state index is 12.0. The second kappa shape index (κ2) is 3.13. The van der Waals surface area contributed by atoms with Gasteiger partial charge in [-0.25, -0.2) is 0 Å². The van der Waals surface area contributed by atoms with Gasteiger partial charge in [-0.05, 0) is 22.6 Å². The van der Waals surface area contributed by atoms with Crippen molar-refractivity contribution in [1.82, 2.24) is 0 Å². The van der Waals surface area contributed by atoms with Gasteiger partial charge in [-0.1, -0.05) is 40.8 Å². The molecule has 0 aromatic carbocycles. The Bertz CT molecular complexity index is 431. The lowest BCUT2D eigenvalue weighted by atomic mass is 9.94. The molecule has 2 nitrogen and oxygen atoms in total. The molecular weight excluding hydrogens is 446 g/mol. The Labute approximate surface area is 114 Å². The summed E-state index contributed by atoms with van der Waals surface area (Å²) in [5, 5.41) is 0.0888. The van der Waals surface area contributed by atoms with Gasteiger partial charge in [0.15, 0.2) is 0 Å². The summed E-state index contributed by atoms with van der Waals surface area (Å²) in [5.74, 6) is 0.215. The van der Waals surface area contributed by atoms with Crippen LogP contribution in [0.5, 0.6) is 0 Å². The Morgan fingerprint density at radius 2 is 2.14 bits per heavy atom. The fourth-order valence-electron chi connectivity index (χ4n) is 2.28. The summed E-state index contributed by atoms with van der Waals surface area (Å²) in [6.45, 7) is 0. The zero-order valence-corrected chi connectivity index (χ0v) is 12.8. The second-order valence-corrected chi connectivity index (χ2v) is 11.4. The highest BCUT2D eigenvalue weighted by Gasteiger charge is 2.63. The summed E-state index contributed by atoms with van der Waals surface area (Å²) in [6.07, 6.45) is 6.08. The van der Waals surface area contributed by atoms with E-state index < -0.39 is 21.6 Å². The summed E-state index contributed by atoms with van der Waals surface area (Å²) >= 11 is 4.40. The molecule has 3 aliphatic rings. The van der Waals surface area contributed by atoms with Gasteiger partial charge in [0.25, 0.3) is 0 Å². The Morgan fingerprint density at radius 1 is 1.43 bits per heavy atom. The molecule has 0 spiro atoms. The van der Waals surface area contributed by atoms with E-state index in [9.17, 15) is 8.42 Å². The predicted octanol–water partition coefficient (Wildman–Crippen LogP) is 1.84. The molecule has 0 saturated carbocycles. The van der Waals surface area contributed by atoms with Gasteiger partial charge >= 0.3 is 0 Å². The van der Waals surface area contributed by atoms with Crippen molar-refractivity contribution < 1.29 is 8.42 Å². The largest absolute Gasteiger partial charge is 0.257 e. The summed E-state index contributed by atoms with van der Waals surface area (Å²) in [7, 11) is -1.80. The molecule has 0 radical (unpaired) electrons. The van der Waals surface area contributed by atoms with Gasteiger partial charge in [-0.15, -0.1) is 0 Å². The molecule has 3 rings (SSSR count). The molecule has 6 heteroatoms. The minimum Gasteiger partial charge on any atom is -0.257 e. The number of halogens is 2. The summed E-state index contributed by atoms with van der Waals surface area (Å²) < 4.78 is 24.6. The third-order valence-electron chi connectivity index (χ3n) is 2.95. The number of hydrogen-bond acceptors (Lipinski definition) is 2. The lowest BCUT2D eigenvalue weighted by Gasteiger charge is -2.22. The Morgan fingerprint density at radius 3 is 2.79 bits per heavy atom. The first-order valence-corrected chi connectivity index (χ1v) is 8.71. The minimum atomic E-state index is -0.920. The first-order chi connectivity index (χ1) is 6.55. The van der Waals surface area contributed by atoms with Crippen LogP contribution in [0.1, 0.15) is 0 Å². The van der Waals surface area contributed by atoms with Crippen LogP contribution in [-0.4, -0.2) is 21.7 Å². The fraction of sp³-hybridized carbons (Fsp3) is 0.500. The Balaban J connectivity index is 2.18. The Kier molecular flexibility index (Phi) is 2.32. The first-order valence-electron chi connectivity index (χ1n) is 4.12. The van der Waals surface area contributed by atoms with Gasteiger partial charge in [0.05, 0.1) is 35.0 Å². The Hall–Kier alpha value is 1.24. The van der Waals surface area contributed by atoms with Crippen LogP contribution < -0.4 is 0 Å². The summed E-state index contributed by atoms with van der Waals surface area (Å²) in [5.41, 5.74) is 0. The van der Waals surface area contributed by atoms with Crippen LogP contribution in [0.2, 0.25) is 0 Å². The van der Waals surface area contributed by atoms with Crippen LogP contribution in [0.3, 0.4) is 0 Å². The number of fused-ring (bicyclic) bond motifs is 5. The summed E-state index contributed by atoms with van der Waals surface area (Å²) in [4.78, 5) is 0. The van der Waals surface area contributed by atoms with Gasteiger partial charge in [-0.2, -0.15) is 0 Å². The molecule has 76 valence electrons. The average Bonchev–Trinajstić information content (AvgIpc) is 2.65. The zero-order chi connectivity index (χ0) is 10.1. The number of allylic oxidation sites excluding steroid dienone is 1. The van der Waals surface area contributed by atoms with E-state index in [-0.39, 0.29) is 19.2 Å².